The normalized spacial score (nSPS) is 12.1. The van der Waals surface area contributed by atoms with Gasteiger partial charge in [-0.15, -0.1) is 0 Å². The van der Waals surface area contributed by atoms with Gasteiger partial charge in [-0.3, -0.25) is 0 Å². The lowest BCUT2D eigenvalue weighted by Crippen LogP contribution is -2.11. The third kappa shape index (κ3) is 3.58. The number of hydrogen-bond donors (Lipinski definition) is 2. The first-order valence-electron chi connectivity index (χ1n) is 5.06. The van der Waals surface area contributed by atoms with Crippen LogP contribution in [-0.2, 0) is 0 Å². The zero-order valence-corrected chi connectivity index (χ0v) is 9.03. The third-order valence-electron chi connectivity index (χ3n) is 2.34. The Labute approximate surface area is 89.3 Å². The first-order valence-corrected chi connectivity index (χ1v) is 5.06. The molecule has 1 rings (SSSR count). The molecule has 2 N–H and O–H groups in total. The predicted molar refractivity (Wildman–Crippen MR) is 59.1 cm³/mol. The van der Waals surface area contributed by atoms with Gasteiger partial charge in [0.25, 0.3) is 0 Å². The van der Waals surface area contributed by atoms with Crippen molar-refractivity contribution in [1.82, 2.24) is 4.98 Å². The number of pyridine rings is 1. The molecule has 1 aromatic heterocycles. The lowest BCUT2D eigenvalue weighted by atomic mass is 10.1. The van der Waals surface area contributed by atoms with Crippen LogP contribution in [0.3, 0.4) is 0 Å². The molecule has 0 bridgehead atoms. The maximum absolute atomic E-state index is 10.7. The molecule has 1 aromatic rings. The molecule has 0 aliphatic rings. The summed E-state index contributed by atoms with van der Waals surface area (Å²) in [4.78, 5) is 14.7. The Morgan fingerprint density at radius 2 is 2.40 bits per heavy atom. The Morgan fingerprint density at radius 1 is 1.67 bits per heavy atom. The van der Waals surface area contributed by atoms with E-state index in [-0.39, 0.29) is 5.56 Å². The summed E-state index contributed by atoms with van der Waals surface area (Å²) in [6.45, 7) is 5.06. The molecule has 0 aliphatic carbocycles. The lowest BCUT2D eigenvalue weighted by molar-refractivity contribution is 0.0697. The molecular weight excluding hydrogens is 192 g/mol. The standard InChI is InChI=1S/C11H16N2O2/c1-3-8(2)7-13-10-6-9(11(14)15)4-5-12-10/h4-6,8H,3,7H2,1-2H3,(H,12,13)(H,14,15). The highest BCUT2D eigenvalue weighted by molar-refractivity contribution is 5.88. The van der Waals surface area contributed by atoms with Gasteiger partial charge in [-0.2, -0.15) is 0 Å². The van der Waals surface area contributed by atoms with Gasteiger partial charge in [-0.1, -0.05) is 20.3 Å². The van der Waals surface area contributed by atoms with Crippen LogP contribution in [0, 0.1) is 5.92 Å². The maximum Gasteiger partial charge on any atom is 0.335 e. The molecule has 15 heavy (non-hydrogen) atoms. The van der Waals surface area contributed by atoms with Crippen molar-refractivity contribution in [2.24, 2.45) is 5.92 Å². The minimum absolute atomic E-state index is 0.261. The summed E-state index contributed by atoms with van der Waals surface area (Å²) in [6, 6.07) is 3.03. The second-order valence-electron chi connectivity index (χ2n) is 3.63. The molecule has 82 valence electrons. The van der Waals surface area contributed by atoms with E-state index in [1.165, 1.54) is 12.3 Å². The van der Waals surface area contributed by atoms with E-state index in [1.54, 1.807) is 6.07 Å². The summed E-state index contributed by atoms with van der Waals surface area (Å²) in [7, 11) is 0. The Bertz CT molecular complexity index is 339. The van der Waals surface area contributed by atoms with E-state index in [4.69, 9.17) is 5.11 Å². The van der Waals surface area contributed by atoms with Crippen molar-refractivity contribution in [2.75, 3.05) is 11.9 Å². The molecule has 1 heterocycles. The monoisotopic (exact) mass is 208 g/mol. The summed E-state index contributed by atoms with van der Waals surface area (Å²) < 4.78 is 0. The van der Waals surface area contributed by atoms with Gasteiger partial charge >= 0.3 is 5.97 Å². The van der Waals surface area contributed by atoms with Gasteiger partial charge in [-0.25, -0.2) is 9.78 Å². The van der Waals surface area contributed by atoms with Crippen molar-refractivity contribution in [3.8, 4) is 0 Å². The van der Waals surface area contributed by atoms with E-state index in [0.717, 1.165) is 13.0 Å². The van der Waals surface area contributed by atoms with Gasteiger partial charge < -0.3 is 10.4 Å². The number of carboxylic acids is 1. The number of aromatic carboxylic acids is 1. The van der Waals surface area contributed by atoms with Crippen LogP contribution in [0.15, 0.2) is 18.3 Å². The molecule has 0 amide bonds. The average Bonchev–Trinajstić information content (AvgIpc) is 2.26. The second-order valence-corrected chi connectivity index (χ2v) is 3.63. The van der Waals surface area contributed by atoms with Crippen LogP contribution in [-0.4, -0.2) is 22.6 Å². The van der Waals surface area contributed by atoms with Crippen LogP contribution < -0.4 is 5.32 Å². The first-order chi connectivity index (χ1) is 7.13. The SMILES string of the molecule is CCC(C)CNc1cc(C(=O)O)ccn1. The fourth-order valence-corrected chi connectivity index (χ4v) is 1.08. The van der Waals surface area contributed by atoms with Gasteiger partial charge in [0.2, 0.25) is 0 Å². The molecule has 1 atom stereocenters. The molecule has 1 unspecified atom stereocenters. The van der Waals surface area contributed by atoms with Crippen molar-refractivity contribution in [3.63, 3.8) is 0 Å². The summed E-state index contributed by atoms with van der Waals surface area (Å²) in [5, 5.41) is 11.9. The number of nitrogens with one attached hydrogen (secondary N) is 1. The average molecular weight is 208 g/mol. The van der Waals surface area contributed by atoms with E-state index in [9.17, 15) is 4.79 Å². The molecule has 0 radical (unpaired) electrons. The Morgan fingerprint density at radius 3 is 3.00 bits per heavy atom. The molecular formula is C11H16N2O2. The zero-order valence-electron chi connectivity index (χ0n) is 9.03. The molecule has 0 saturated heterocycles. The number of aromatic nitrogens is 1. The van der Waals surface area contributed by atoms with E-state index in [0.29, 0.717) is 11.7 Å². The van der Waals surface area contributed by atoms with Gasteiger partial charge in [0.1, 0.15) is 5.82 Å². The maximum atomic E-state index is 10.7. The number of carboxylic acid groups (broad SMARTS) is 1. The Kier molecular flexibility index (Phi) is 4.09. The van der Waals surface area contributed by atoms with Crippen LogP contribution in [0.25, 0.3) is 0 Å². The van der Waals surface area contributed by atoms with E-state index >= 15 is 0 Å². The number of rotatable bonds is 5. The Balaban J connectivity index is 2.62. The predicted octanol–water partition coefficient (Wildman–Crippen LogP) is 2.24. The molecule has 0 spiro atoms. The fraction of sp³-hybridized carbons (Fsp3) is 0.455. The van der Waals surface area contributed by atoms with Crippen molar-refractivity contribution in [3.05, 3.63) is 23.9 Å². The fourth-order valence-electron chi connectivity index (χ4n) is 1.08. The van der Waals surface area contributed by atoms with Gasteiger partial charge in [-0.05, 0) is 18.1 Å². The first kappa shape index (κ1) is 11.5. The van der Waals surface area contributed by atoms with Gasteiger partial charge in [0.15, 0.2) is 0 Å². The van der Waals surface area contributed by atoms with Crippen molar-refractivity contribution >= 4 is 11.8 Å². The largest absolute Gasteiger partial charge is 0.478 e. The number of hydrogen-bond acceptors (Lipinski definition) is 3. The summed E-state index contributed by atoms with van der Waals surface area (Å²) in [5.41, 5.74) is 0.261. The van der Waals surface area contributed by atoms with Gasteiger partial charge in [0.05, 0.1) is 5.56 Å². The van der Waals surface area contributed by atoms with E-state index < -0.39 is 5.97 Å². The van der Waals surface area contributed by atoms with Crippen LogP contribution in [0.5, 0.6) is 0 Å². The highest BCUT2D eigenvalue weighted by Crippen LogP contribution is 2.08. The van der Waals surface area contributed by atoms with E-state index in [1.807, 2.05) is 0 Å². The van der Waals surface area contributed by atoms with Crippen molar-refractivity contribution < 1.29 is 9.90 Å². The number of nitrogens with zero attached hydrogens (tertiary/aromatic N) is 1. The highest BCUT2D eigenvalue weighted by atomic mass is 16.4. The smallest absolute Gasteiger partial charge is 0.335 e. The van der Waals surface area contributed by atoms with Crippen LogP contribution in [0.2, 0.25) is 0 Å². The summed E-state index contributed by atoms with van der Waals surface area (Å²) >= 11 is 0. The van der Waals surface area contributed by atoms with Crippen molar-refractivity contribution in [2.45, 2.75) is 20.3 Å². The minimum Gasteiger partial charge on any atom is -0.478 e. The van der Waals surface area contributed by atoms with Crippen LogP contribution in [0.1, 0.15) is 30.6 Å². The van der Waals surface area contributed by atoms with Gasteiger partial charge in [0, 0.05) is 12.7 Å². The summed E-state index contributed by atoms with van der Waals surface area (Å²) in [5.74, 6) is 0.250. The number of anilines is 1. The minimum atomic E-state index is -0.927. The van der Waals surface area contributed by atoms with Crippen molar-refractivity contribution in [1.29, 1.82) is 0 Å². The quantitative estimate of drug-likeness (QED) is 0.779. The highest BCUT2D eigenvalue weighted by Gasteiger charge is 2.04. The molecule has 4 nitrogen and oxygen atoms in total. The molecule has 0 saturated carbocycles. The molecule has 0 fully saturated rings. The molecule has 0 aliphatic heterocycles. The summed E-state index contributed by atoms with van der Waals surface area (Å²) in [6.07, 6.45) is 2.59. The third-order valence-corrected chi connectivity index (χ3v) is 2.34. The number of carbonyl (C=O) groups is 1. The molecule has 4 heteroatoms. The van der Waals surface area contributed by atoms with Crippen LogP contribution >= 0.6 is 0 Å². The Hall–Kier alpha value is -1.58. The zero-order chi connectivity index (χ0) is 11.3. The topological polar surface area (TPSA) is 62.2 Å². The molecule has 0 aromatic carbocycles. The van der Waals surface area contributed by atoms with Crippen LogP contribution in [0.4, 0.5) is 5.82 Å². The lowest BCUT2D eigenvalue weighted by Gasteiger charge is -2.10. The second kappa shape index (κ2) is 5.34. The van der Waals surface area contributed by atoms with E-state index in [2.05, 4.69) is 24.1 Å².